The zero-order valence-corrected chi connectivity index (χ0v) is 11.4. The summed E-state index contributed by atoms with van der Waals surface area (Å²) in [7, 11) is 0. The van der Waals surface area contributed by atoms with Crippen LogP contribution in [0.15, 0.2) is 24.3 Å². The van der Waals surface area contributed by atoms with Crippen molar-refractivity contribution in [3.63, 3.8) is 0 Å². The Morgan fingerprint density at radius 3 is 2.70 bits per heavy atom. The lowest BCUT2D eigenvalue weighted by Gasteiger charge is -2.24. The Hall–Kier alpha value is -2.39. The standard InChI is InChI=1S/C14H17N3O3/c1-3-14(2,13(19)20)16-9-12(18)17-11-6-4-5-10(7-11)8-15/h4-7,16H,3,9H2,1-2H3,(H,17,18)(H,19,20). The number of benzene rings is 1. The maximum atomic E-state index is 11.7. The molecule has 6 heteroatoms. The topological polar surface area (TPSA) is 102 Å². The van der Waals surface area contributed by atoms with Crippen molar-refractivity contribution in [3.8, 4) is 6.07 Å². The molecule has 6 nitrogen and oxygen atoms in total. The molecule has 1 amide bonds. The zero-order valence-electron chi connectivity index (χ0n) is 11.4. The van der Waals surface area contributed by atoms with Gasteiger partial charge in [0.05, 0.1) is 18.2 Å². The third-order valence-electron chi connectivity index (χ3n) is 3.09. The van der Waals surface area contributed by atoms with Gasteiger partial charge in [0, 0.05) is 5.69 Å². The number of carbonyl (C=O) groups excluding carboxylic acids is 1. The number of nitrogens with one attached hydrogen (secondary N) is 2. The Balaban J connectivity index is 2.60. The number of nitrogens with zero attached hydrogens (tertiary/aromatic N) is 1. The first-order chi connectivity index (χ1) is 9.41. The van der Waals surface area contributed by atoms with Crippen LogP contribution in [0.2, 0.25) is 0 Å². The van der Waals surface area contributed by atoms with Gasteiger partial charge in [-0.2, -0.15) is 5.26 Å². The number of nitriles is 1. The third-order valence-corrected chi connectivity index (χ3v) is 3.09. The Labute approximate surface area is 117 Å². The van der Waals surface area contributed by atoms with Crippen LogP contribution in [0.3, 0.4) is 0 Å². The maximum absolute atomic E-state index is 11.7. The molecule has 0 aliphatic heterocycles. The monoisotopic (exact) mass is 275 g/mol. The van der Waals surface area contributed by atoms with Crippen LogP contribution in [0, 0.1) is 11.3 Å². The zero-order chi connectivity index (χ0) is 15.2. The molecule has 0 aliphatic carbocycles. The van der Waals surface area contributed by atoms with E-state index in [1.165, 1.54) is 6.92 Å². The van der Waals surface area contributed by atoms with E-state index in [4.69, 9.17) is 10.4 Å². The summed E-state index contributed by atoms with van der Waals surface area (Å²) in [6.45, 7) is 3.14. The van der Waals surface area contributed by atoms with Crippen molar-refractivity contribution in [3.05, 3.63) is 29.8 Å². The normalized spacial score (nSPS) is 13.1. The Bertz CT molecular complexity index is 551. The van der Waals surface area contributed by atoms with E-state index in [1.807, 2.05) is 6.07 Å². The summed E-state index contributed by atoms with van der Waals surface area (Å²) in [5.74, 6) is -1.36. The van der Waals surface area contributed by atoms with Crippen LogP contribution in [0.25, 0.3) is 0 Å². The molecule has 1 rings (SSSR count). The third kappa shape index (κ3) is 4.07. The van der Waals surface area contributed by atoms with Crippen molar-refractivity contribution in [2.24, 2.45) is 0 Å². The Morgan fingerprint density at radius 1 is 1.45 bits per heavy atom. The summed E-state index contributed by atoms with van der Waals surface area (Å²) in [5.41, 5.74) is -0.185. The molecule has 0 saturated heterocycles. The summed E-state index contributed by atoms with van der Waals surface area (Å²) in [6.07, 6.45) is 0.361. The molecule has 1 atom stereocenters. The summed E-state index contributed by atoms with van der Waals surface area (Å²) >= 11 is 0. The van der Waals surface area contributed by atoms with E-state index in [0.717, 1.165) is 0 Å². The van der Waals surface area contributed by atoms with E-state index in [-0.39, 0.29) is 12.5 Å². The Morgan fingerprint density at radius 2 is 2.15 bits per heavy atom. The molecule has 1 aromatic carbocycles. The molecule has 0 fully saturated rings. The minimum atomic E-state index is -1.13. The van der Waals surface area contributed by atoms with E-state index in [9.17, 15) is 9.59 Å². The van der Waals surface area contributed by atoms with Gasteiger partial charge < -0.3 is 10.4 Å². The van der Waals surface area contributed by atoms with Crippen LogP contribution in [0.5, 0.6) is 0 Å². The van der Waals surface area contributed by atoms with Gasteiger partial charge in [-0.25, -0.2) is 0 Å². The minimum Gasteiger partial charge on any atom is -0.480 e. The quantitative estimate of drug-likeness (QED) is 0.727. The van der Waals surface area contributed by atoms with Gasteiger partial charge in [-0.15, -0.1) is 0 Å². The smallest absolute Gasteiger partial charge is 0.323 e. The summed E-state index contributed by atoms with van der Waals surface area (Å²) in [6, 6.07) is 8.48. The average Bonchev–Trinajstić information content (AvgIpc) is 2.44. The molecule has 0 radical (unpaired) electrons. The summed E-state index contributed by atoms with van der Waals surface area (Å²) in [5, 5.41) is 23.2. The molecular formula is C14H17N3O3. The predicted octanol–water partition coefficient (Wildman–Crippen LogP) is 1.34. The van der Waals surface area contributed by atoms with Gasteiger partial charge in [0.1, 0.15) is 5.54 Å². The molecule has 0 bridgehead atoms. The van der Waals surface area contributed by atoms with Gasteiger partial charge in [-0.3, -0.25) is 14.9 Å². The number of carboxylic acids is 1. The SMILES string of the molecule is CCC(C)(NCC(=O)Nc1cccc(C#N)c1)C(=O)O. The van der Waals surface area contributed by atoms with E-state index in [1.54, 1.807) is 31.2 Å². The minimum absolute atomic E-state index is 0.118. The first kappa shape index (κ1) is 15.7. The summed E-state index contributed by atoms with van der Waals surface area (Å²) in [4.78, 5) is 22.8. The van der Waals surface area contributed by atoms with Crippen LogP contribution >= 0.6 is 0 Å². The van der Waals surface area contributed by atoms with Crippen LogP contribution in [-0.4, -0.2) is 29.1 Å². The lowest BCUT2D eigenvalue weighted by Crippen LogP contribution is -2.51. The fourth-order valence-electron chi connectivity index (χ4n) is 1.50. The second-order valence-electron chi connectivity index (χ2n) is 4.59. The molecule has 1 aromatic rings. The van der Waals surface area contributed by atoms with Crippen molar-refractivity contribution in [1.29, 1.82) is 5.26 Å². The second-order valence-corrected chi connectivity index (χ2v) is 4.59. The number of aliphatic carboxylic acids is 1. The number of amides is 1. The largest absolute Gasteiger partial charge is 0.480 e. The number of hydrogen-bond donors (Lipinski definition) is 3. The van der Waals surface area contributed by atoms with Crippen LogP contribution < -0.4 is 10.6 Å². The average molecular weight is 275 g/mol. The molecule has 0 aromatic heterocycles. The molecule has 0 saturated carbocycles. The van der Waals surface area contributed by atoms with Crippen molar-refractivity contribution >= 4 is 17.6 Å². The van der Waals surface area contributed by atoms with Gasteiger partial charge >= 0.3 is 5.97 Å². The van der Waals surface area contributed by atoms with Gasteiger partial charge in [0.25, 0.3) is 0 Å². The first-order valence-corrected chi connectivity index (χ1v) is 6.19. The highest BCUT2D eigenvalue weighted by Crippen LogP contribution is 2.11. The van der Waals surface area contributed by atoms with E-state index >= 15 is 0 Å². The van der Waals surface area contributed by atoms with E-state index in [0.29, 0.717) is 17.7 Å². The van der Waals surface area contributed by atoms with Crippen LogP contribution in [0.4, 0.5) is 5.69 Å². The number of carbonyl (C=O) groups is 2. The molecule has 0 spiro atoms. The van der Waals surface area contributed by atoms with E-state index < -0.39 is 11.5 Å². The van der Waals surface area contributed by atoms with Gasteiger partial charge in [0.2, 0.25) is 5.91 Å². The fraction of sp³-hybridized carbons (Fsp3) is 0.357. The van der Waals surface area contributed by atoms with Crippen molar-refractivity contribution in [2.75, 3.05) is 11.9 Å². The molecule has 0 aliphatic rings. The molecule has 0 heterocycles. The molecule has 20 heavy (non-hydrogen) atoms. The number of carboxylic acid groups (broad SMARTS) is 1. The van der Waals surface area contributed by atoms with Gasteiger partial charge in [0.15, 0.2) is 0 Å². The number of rotatable bonds is 6. The molecule has 3 N–H and O–H groups in total. The Kier molecular flexibility index (Phi) is 5.23. The van der Waals surface area contributed by atoms with Gasteiger partial charge in [-0.05, 0) is 31.5 Å². The van der Waals surface area contributed by atoms with E-state index in [2.05, 4.69) is 10.6 Å². The molecule has 106 valence electrons. The summed E-state index contributed by atoms with van der Waals surface area (Å²) < 4.78 is 0. The highest BCUT2D eigenvalue weighted by Gasteiger charge is 2.30. The van der Waals surface area contributed by atoms with Gasteiger partial charge in [-0.1, -0.05) is 13.0 Å². The number of hydrogen-bond acceptors (Lipinski definition) is 4. The van der Waals surface area contributed by atoms with Crippen molar-refractivity contribution in [1.82, 2.24) is 5.32 Å². The predicted molar refractivity (Wildman–Crippen MR) is 74.1 cm³/mol. The maximum Gasteiger partial charge on any atom is 0.323 e. The van der Waals surface area contributed by atoms with Crippen LogP contribution in [-0.2, 0) is 9.59 Å². The molecule has 1 unspecified atom stereocenters. The second kappa shape index (κ2) is 6.68. The first-order valence-electron chi connectivity index (χ1n) is 6.19. The lowest BCUT2D eigenvalue weighted by molar-refractivity contribution is -0.144. The lowest BCUT2D eigenvalue weighted by atomic mass is 9.99. The highest BCUT2D eigenvalue weighted by atomic mass is 16.4. The van der Waals surface area contributed by atoms with Crippen molar-refractivity contribution in [2.45, 2.75) is 25.8 Å². The fourth-order valence-corrected chi connectivity index (χ4v) is 1.50. The van der Waals surface area contributed by atoms with Crippen LogP contribution in [0.1, 0.15) is 25.8 Å². The highest BCUT2D eigenvalue weighted by molar-refractivity contribution is 5.93. The van der Waals surface area contributed by atoms with Crippen molar-refractivity contribution < 1.29 is 14.7 Å². The molecular weight excluding hydrogens is 258 g/mol. The number of anilines is 1.